The molecule has 0 radical (unpaired) electrons. The summed E-state index contributed by atoms with van der Waals surface area (Å²) in [4.78, 5) is 2.50. The van der Waals surface area contributed by atoms with Crippen LogP contribution in [-0.2, 0) is 0 Å². The lowest BCUT2D eigenvalue weighted by Gasteiger charge is -2.58. The van der Waals surface area contributed by atoms with Crippen LogP contribution in [0.1, 0.15) is 51.9 Å². The summed E-state index contributed by atoms with van der Waals surface area (Å²) in [6.07, 6.45) is 8.91. The van der Waals surface area contributed by atoms with Crippen molar-refractivity contribution in [3.63, 3.8) is 0 Å². The topological polar surface area (TPSA) is 23.5 Å². The van der Waals surface area contributed by atoms with Crippen molar-refractivity contribution >= 4 is 0 Å². The molecule has 3 rings (SSSR count). The van der Waals surface area contributed by atoms with Gasteiger partial charge in [-0.2, -0.15) is 0 Å². The minimum absolute atomic E-state index is 0.358. The SMILES string of the molecule is CC1CCCC(O)(CN2CC3(CCC3)C2)C1. The van der Waals surface area contributed by atoms with Crippen LogP contribution >= 0.6 is 0 Å². The monoisotopic (exact) mass is 223 g/mol. The van der Waals surface area contributed by atoms with Crippen molar-refractivity contribution in [2.75, 3.05) is 19.6 Å². The zero-order valence-corrected chi connectivity index (χ0v) is 10.5. The highest BCUT2D eigenvalue weighted by molar-refractivity contribution is 5.02. The van der Waals surface area contributed by atoms with Gasteiger partial charge in [-0.1, -0.05) is 26.2 Å². The van der Waals surface area contributed by atoms with E-state index in [1.54, 1.807) is 0 Å². The van der Waals surface area contributed by atoms with Gasteiger partial charge in [0.1, 0.15) is 0 Å². The van der Waals surface area contributed by atoms with Gasteiger partial charge in [0.05, 0.1) is 5.60 Å². The van der Waals surface area contributed by atoms with E-state index in [0.29, 0.717) is 5.41 Å². The Labute approximate surface area is 99.0 Å². The van der Waals surface area contributed by atoms with Gasteiger partial charge in [-0.15, -0.1) is 0 Å². The molecule has 0 bridgehead atoms. The number of rotatable bonds is 2. The van der Waals surface area contributed by atoms with Crippen molar-refractivity contribution in [3.8, 4) is 0 Å². The largest absolute Gasteiger partial charge is 0.389 e. The molecule has 1 aliphatic heterocycles. The van der Waals surface area contributed by atoms with Crippen LogP contribution in [0.2, 0.25) is 0 Å². The van der Waals surface area contributed by atoms with Gasteiger partial charge >= 0.3 is 0 Å². The molecule has 2 saturated carbocycles. The van der Waals surface area contributed by atoms with Crippen molar-refractivity contribution in [3.05, 3.63) is 0 Å². The van der Waals surface area contributed by atoms with E-state index in [-0.39, 0.29) is 5.60 Å². The summed E-state index contributed by atoms with van der Waals surface area (Å²) in [5.74, 6) is 0.720. The fourth-order valence-corrected chi connectivity index (χ4v) is 4.20. The maximum Gasteiger partial charge on any atom is 0.0776 e. The fourth-order valence-electron chi connectivity index (χ4n) is 4.20. The smallest absolute Gasteiger partial charge is 0.0776 e. The summed E-state index contributed by atoms with van der Waals surface area (Å²) < 4.78 is 0. The quantitative estimate of drug-likeness (QED) is 0.777. The lowest BCUT2D eigenvalue weighted by Crippen LogP contribution is -2.63. The Kier molecular flexibility index (Phi) is 2.56. The van der Waals surface area contributed by atoms with Crippen LogP contribution in [0.25, 0.3) is 0 Å². The highest BCUT2D eigenvalue weighted by Crippen LogP contribution is 2.49. The first-order valence-corrected chi connectivity index (χ1v) is 7.04. The first kappa shape index (κ1) is 11.0. The van der Waals surface area contributed by atoms with Crippen LogP contribution in [0.3, 0.4) is 0 Å². The Hall–Kier alpha value is -0.0800. The van der Waals surface area contributed by atoms with Crippen LogP contribution in [0, 0.1) is 11.3 Å². The van der Waals surface area contributed by atoms with Crippen molar-refractivity contribution < 1.29 is 5.11 Å². The van der Waals surface area contributed by atoms with Gasteiger partial charge in [0.25, 0.3) is 0 Å². The molecule has 1 spiro atoms. The van der Waals surface area contributed by atoms with E-state index in [2.05, 4.69) is 11.8 Å². The molecule has 16 heavy (non-hydrogen) atoms. The third-order valence-electron chi connectivity index (χ3n) is 5.12. The number of aliphatic hydroxyl groups is 1. The molecule has 0 aromatic carbocycles. The van der Waals surface area contributed by atoms with Crippen molar-refractivity contribution in [2.45, 2.75) is 57.5 Å². The Morgan fingerprint density at radius 1 is 1.19 bits per heavy atom. The maximum atomic E-state index is 10.6. The van der Waals surface area contributed by atoms with Crippen LogP contribution in [0.5, 0.6) is 0 Å². The van der Waals surface area contributed by atoms with Gasteiger partial charge < -0.3 is 5.11 Å². The molecule has 0 amide bonds. The molecule has 2 heteroatoms. The lowest BCUT2D eigenvalue weighted by molar-refractivity contribution is -0.114. The summed E-state index contributed by atoms with van der Waals surface area (Å²) in [6.45, 7) is 5.76. The number of hydrogen-bond acceptors (Lipinski definition) is 2. The zero-order chi connectivity index (χ0) is 11.2. The van der Waals surface area contributed by atoms with Crippen molar-refractivity contribution in [1.82, 2.24) is 4.90 Å². The predicted octanol–water partition coefficient (Wildman–Crippen LogP) is 2.41. The molecule has 1 N–H and O–H groups in total. The lowest BCUT2D eigenvalue weighted by atomic mass is 9.63. The first-order chi connectivity index (χ1) is 7.59. The minimum Gasteiger partial charge on any atom is -0.389 e. The average Bonchev–Trinajstić information content (AvgIpc) is 2.07. The molecule has 1 saturated heterocycles. The van der Waals surface area contributed by atoms with Gasteiger partial charge in [0, 0.05) is 19.6 Å². The van der Waals surface area contributed by atoms with E-state index in [1.165, 1.54) is 45.2 Å². The van der Waals surface area contributed by atoms with E-state index in [4.69, 9.17) is 0 Å². The normalized spacial score (nSPS) is 42.8. The van der Waals surface area contributed by atoms with Crippen LogP contribution < -0.4 is 0 Å². The molecule has 2 aliphatic carbocycles. The number of nitrogens with zero attached hydrogens (tertiary/aromatic N) is 1. The van der Waals surface area contributed by atoms with Gasteiger partial charge in [0.15, 0.2) is 0 Å². The van der Waals surface area contributed by atoms with Crippen LogP contribution in [0.15, 0.2) is 0 Å². The second-order valence-electron chi connectivity index (χ2n) is 6.92. The second-order valence-corrected chi connectivity index (χ2v) is 6.92. The number of likely N-dealkylation sites (tertiary alicyclic amines) is 1. The van der Waals surface area contributed by atoms with Crippen LogP contribution in [0.4, 0.5) is 0 Å². The summed E-state index contributed by atoms with van der Waals surface area (Å²) >= 11 is 0. The molecule has 92 valence electrons. The Morgan fingerprint density at radius 2 is 1.94 bits per heavy atom. The molecule has 3 fully saturated rings. The third-order valence-corrected chi connectivity index (χ3v) is 5.12. The van der Waals surface area contributed by atoms with E-state index in [9.17, 15) is 5.11 Å². The average molecular weight is 223 g/mol. The Balaban J connectivity index is 1.50. The van der Waals surface area contributed by atoms with E-state index in [1.807, 2.05) is 0 Å². The van der Waals surface area contributed by atoms with Gasteiger partial charge in [0.2, 0.25) is 0 Å². The molecule has 1 heterocycles. The zero-order valence-electron chi connectivity index (χ0n) is 10.5. The van der Waals surface area contributed by atoms with Gasteiger partial charge in [-0.3, -0.25) is 4.90 Å². The Bertz CT molecular complexity index is 266. The number of β-amino-alcohol motifs (C(OH)–C–C–N with tert-alkyl or cyclic N) is 1. The minimum atomic E-state index is -0.358. The molecule has 2 unspecified atom stereocenters. The van der Waals surface area contributed by atoms with Gasteiger partial charge in [-0.05, 0) is 37.0 Å². The second kappa shape index (κ2) is 3.71. The molecular formula is C14H25NO. The summed E-state index contributed by atoms with van der Waals surface area (Å²) in [6, 6.07) is 0. The molecule has 2 atom stereocenters. The highest BCUT2D eigenvalue weighted by atomic mass is 16.3. The first-order valence-electron chi connectivity index (χ1n) is 7.04. The van der Waals surface area contributed by atoms with E-state index < -0.39 is 0 Å². The highest BCUT2D eigenvalue weighted by Gasteiger charge is 2.49. The molecule has 0 aromatic rings. The predicted molar refractivity (Wildman–Crippen MR) is 65.3 cm³/mol. The molecule has 3 aliphatic rings. The summed E-state index contributed by atoms with van der Waals surface area (Å²) in [5, 5.41) is 10.6. The standard InChI is InChI=1S/C14H25NO/c1-12-4-2-7-14(16,8-12)11-15-9-13(10-15)5-3-6-13/h12,16H,2-11H2,1H3. The van der Waals surface area contributed by atoms with Crippen molar-refractivity contribution in [1.29, 1.82) is 0 Å². The van der Waals surface area contributed by atoms with Crippen molar-refractivity contribution in [2.24, 2.45) is 11.3 Å². The van der Waals surface area contributed by atoms with Crippen LogP contribution in [-0.4, -0.2) is 35.2 Å². The molecule has 2 nitrogen and oxygen atoms in total. The van der Waals surface area contributed by atoms with Gasteiger partial charge in [-0.25, -0.2) is 0 Å². The number of hydrogen-bond donors (Lipinski definition) is 1. The molecule has 0 aromatic heterocycles. The maximum absolute atomic E-state index is 10.6. The third kappa shape index (κ3) is 1.91. The van der Waals surface area contributed by atoms with E-state index >= 15 is 0 Å². The summed E-state index contributed by atoms with van der Waals surface area (Å²) in [7, 11) is 0. The molecular weight excluding hydrogens is 198 g/mol. The Morgan fingerprint density at radius 3 is 2.50 bits per heavy atom. The van der Waals surface area contributed by atoms with E-state index in [0.717, 1.165) is 25.3 Å². The fraction of sp³-hybridized carbons (Fsp3) is 1.00. The summed E-state index contributed by atoms with van der Waals surface area (Å²) in [5.41, 5.74) is 0.347.